The second kappa shape index (κ2) is 8.44. The topological polar surface area (TPSA) is 95.7 Å². The first-order valence-electron chi connectivity index (χ1n) is 8.34. The molecule has 2 rings (SSSR count). The third-order valence-electron chi connectivity index (χ3n) is 4.55. The first-order valence-corrected chi connectivity index (χ1v) is 8.34. The van der Waals surface area contributed by atoms with Crippen LogP contribution in [0.2, 0.25) is 0 Å². The van der Waals surface area contributed by atoms with Crippen molar-refractivity contribution in [1.82, 2.24) is 0 Å². The van der Waals surface area contributed by atoms with E-state index in [1.54, 1.807) is 6.07 Å². The number of hydrogen-bond acceptors (Lipinski definition) is 6. The van der Waals surface area contributed by atoms with Crippen LogP contribution in [-0.2, 0) is 9.53 Å². The van der Waals surface area contributed by atoms with Crippen LogP contribution in [0.15, 0.2) is 30.3 Å². The van der Waals surface area contributed by atoms with Crippen molar-refractivity contribution in [2.45, 2.75) is 27.7 Å². The molecule has 0 saturated heterocycles. The van der Waals surface area contributed by atoms with E-state index in [1.165, 1.54) is 24.3 Å². The normalized spacial score (nSPS) is 10.4. The van der Waals surface area contributed by atoms with E-state index in [9.17, 15) is 19.7 Å². The van der Waals surface area contributed by atoms with Gasteiger partial charge in [-0.2, -0.15) is 0 Å². The molecule has 0 fully saturated rings. The first-order chi connectivity index (χ1) is 12.7. The molecule has 142 valence electrons. The molecule has 0 aliphatic heterocycles. The van der Waals surface area contributed by atoms with Gasteiger partial charge in [-0.3, -0.25) is 14.9 Å². The number of ketones is 1. The standard InChI is InChI=1S/C20H21NO6/c1-12-9-18(15(4)14(3)13(12)2)19(22)10-27-20(23)11-26-17-7-5-16(6-8-17)21(24)25/h5-9H,10-11H2,1-4H3. The molecule has 0 aliphatic carbocycles. The molecule has 0 radical (unpaired) electrons. The van der Waals surface area contributed by atoms with E-state index in [4.69, 9.17) is 9.47 Å². The lowest BCUT2D eigenvalue weighted by Crippen LogP contribution is -2.20. The number of non-ortho nitro benzene ring substituents is 1. The predicted molar refractivity (Wildman–Crippen MR) is 99.3 cm³/mol. The molecule has 0 heterocycles. The number of rotatable bonds is 7. The van der Waals surface area contributed by atoms with Gasteiger partial charge in [0.05, 0.1) is 4.92 Å². The monoisotopic (exact) mass is 371 g/mol. The van der Waals surface area contributed by atoms with Gasteiger partial charge in [0, 0.05) is 17.7 Å². The summed E-state index contributed by atoms with van der Waals surface area (Å²) in [4.78, 5) is 34.2. The maximum atomic E-state index is 12.4. The van der Waals surface area contributed by atoms with Gasteiger partial charge >= 0.3 is 5.97 Å². The second-order valence-corrected chi connectivity index (χ2v) is 6.24. The molecule has 0 atom stereocenters. The van der Waals surface area contributed by atoms with E-state index in [0.29, 0.717) is 11.3 Å². The average molecular weight is 371 g/mol. The second-order valence-electron chi connectivity index (χ2n) is 6.24. The van der Waals surface area contributed by atoms with Crippen molar-refractivity contribution in [3.05, 3.63) is 68.3 Å². The van der Waals surface area contributed by atoms with Gasteiger partial charge in [-0.25, -0.2) is 4.79 Å². The number of aryl methyl sites for hydroxylation is 1. The Morgan fingerprint density at radius 1 is 0.963 bits per heavy atom. The molecule has 0 aliphatic rings. The molecule has 2 aromatic rings. The quantitative estimate of drug-likeness (QED) is 0.319. The Labute approximate surface area is 157 Å². The number of nitrogens with zero attached hydrogens (tertiary/aromatic N) is 1. The lowest BCUT2D eigenvalue weighted by atomic mass is 9.93. The van der Waals surface area contributed by atoms with Crippen molar-refractivity contribution in [3.8, 4) is 5.75 Å². The number of carbonyl (C=O) groups excluding carboxylic acids is 2. The van der Waals surface area contributed by atoms with Crippen molar-refractivity contribution < 1.29 is 24.0 Å². The Bertz CT molecular complexity index is 886. The summed E-state index contributed by atoms with van der Waals surface area (Å²) in [5, 5.41) is 10.6. The van der Waals surface area contributed by atoms with Gasteiger partial charge in [-0.05, 0) is 68.1 Å². The van der Waals surface area contributed by atoms with Gasteiger partial charge in [0.25, 0.3) is 5.69 Å². The van der Waals surface area contributed by atoms with Crippen LogP contribution in [0, 0.1) is 37.8 Å². The van der Waals surface area contributed by atoms with Crippen LogP contribution in [0.1, 0.15) is 32.6 Å². The molecular weight excluding hydrogens is 350 g/mol. The molecule has 0 spiro atoms. The number of nitro groups is 1. The molecule has 0 aromatic heterocycles. The minimum atomic E-state index is -0.695. The number of Topliss-reactive ketones (excluding diaryl/α,β-unsaturated/α-hetero) is 1. The van der Waals surface area contributed by atoms with E-state index in [2.05, 4.69) is 0 Å². The van der Waals surface area contributed by atoms with Crippen LogP contribution in [0.4, 0.5) is 5.69 Å². The smallest absolute Gasteiger partial charge is 0.344 e. The summed E-state index contributed by atoms with van der Waals surface area (Å²) >= 11 is 0. The van der Waals surface area contributed by atoms with E-state index in [-0.39, 0.29) is 18.1 Å². The summed E-state index contributed by atoms with van der Waals surface area (Å²) in [6.07, 6.45) is 0. The SMILES string of the molecule is Cc1cc(C(=O)COC(=O)COc2ccc([N+](=O)[O-])cc2)c(C)c(C)c1C. The van der Waals surface area contributed by atoms with E-state index in [0.717, 1.165) is 22.3 Å². The number of carbonyl (C=O) groups is 2. The van der Waals surface area contributed by atoms with E-state index >= 15 is 0 Å². The first kappa shape index (κ1) is 20.1. The van der Waals surface area contributed by atoms with Crippen molar-refractivity contribution in [2.24, 2.45) is 0 Å². The third kappa shape index (κ3) is 4.91. The van der Waals surface area contributed by atoms with Crippen LogP contribution in [-0.4, -0.2) is 29.9 Å². The Morgan fingerprint density at radius 3 is 2.19 bits per heavy atom. The zero-order valence-electron chi connectivity index (χ0n) is 15.7. The van der Waals surface area contributed by atoms with E-state index in [1.807, 2.05) is 27.7 Å². The molecule has 0 N–H and O–H groups in total. The van der Waals surface area contributed by atoms with Crippen LogP contribution < -0.4 is 4.74 Å². The Hall–Kier alpha value is -3.22. The summed E-state index contributed by atoms with van der Waals surface area (Å²) in [6, 6.07) is 7.13. The number of esters is 1. The molecule has 0 amide bonds. The van der Waals surface area contributed by atoms with Crippen molar-refractivity contribution >= 4 is 17.4 Å². The fourth-order valence-corrected chi connectivity index (χ4v) is 2.57. The third-order valence-corrected chi connectivity index (χ3v) is 4.55. The van der Waals surface area contributed by atoms with Gasteiger partial charge < -0.3 is 9.47 Å². The van der Waals surface area contributed by atoms with Crippen molar-refractivity contribution in [1.29, 1.82) is 0 Å². The Kier molecular flexibility index (Phi) is 6.28. The Morgan fingerprint density at radius 2 is 1.59 bits per heavy atom. The fraction of sp³-hybridized carbons (Fsp3) is 0.300. The van der Waals surface area contributed by atoms with Crippen LogP contribution >= 0.6 is 0 Å². The molecular formula is C20H21NO6. The maximum Gasteiger partial charge on any atom is 0.344 e. The highest BCUT2D eigenvalue weighted by Gasteiger charge is 2.16. The molecule has 0 unspecified atom stereocenters. The van der Waals surface area contributed by atoms with Crippen LogP contribution in [0.5, 0.6) is 5.75 Å². The van der Waals surface area contributed by atoms with Gasteiger partial charge in [0.2, 0.25) is 5.78 Å². The molecule has 7 nitrogen and oxygen atoms in total. The minimum absolute atomic E-state index is 0.0745. The molecule has 2 aromatic carbocycles. The maximum absolute atomic E-state index is 12.4. The van der Waals surface area contributed by atoms with Gasteiger partial charge in [0.1, 0.15) is 5.75 Å². The lowest BCUT2D eigenvalue weighted by Gasteiger charge is -2.13. The van der Waals surface area contributed by atoms with Crippen molar-refractivity contribution in [2.75, 3.05) is 13.2 Å². The van der Waals surface area contributed by atoms with Gasteiger partial charge in [-0.15, -0.1) is 0 Å². The number of nitro benzene ring substituents is 1. The fourth-order valence-electron chi connectivity index (χ4n) is 2.57. The van der Waals surface area contributed by atoms with Crippen LogP contribution in [0.25, 0.3) is 0 Å². The lowest BCUT2D eigenvalue weighted by molar-refractivity contribution is -0.384. The molecule has 27 heavy (non-hydrogen) atoms. The van der Waals surface area contributed by atoms with E-state index < -0.39 is 17.5 Å². The van der Waals surface area contributed by atoms with Crippen LogP contribution in [0.3, 0.4) is 0 Å². The summed E-state index contributed by atoms with van der Waals surface area (Å²) < 4.78 is 10.2. The zero-order valence-corrected chi connectivity index (χ0v) is 15.7. The predicted octanol–water partition coefficient (Wildman–Crippen LogP) is 3.63. The number of ether oxygens (including phenoxy) is 2. The molecule has 0 saturated carbocycles. The average Bonchev–Trinajstić information content (AvgIpc) is 2.65. The molecule has 0 bridgehead atoms. The minimum Gasteiger partial charge on any atom is -0.482 e. The van der Waals surface area contributed by atoms with Gasteiger partial charge in [-0.1, -0.05) is 0 Å². The Balaban J connectivity index is 1.90. The largest absolute Gasteiger partial charge is 0.482 e. The van der Waals surface area contributed by atoms with Gasteiger partial charge in [0.15, 0.2) is 13.2 Å². The summed E-state index contributed by atoms with van der Waals surface area (Å²) in [5.74, 6) is -0.674. The number of hydrogen-bond donors (Lipinski definition) is 0. The number of benzene rings is 2. The molecule has 7 heteroatoms. The highest BCUT2D eigenvalue weighted by molar-refractivity contribution is 5.99. The highest BCUT2D eigenvalue weighted by Crippen LogP contribution is 2.22. The zero-order chi connectivity index (χ0) is 20.1. The summed E-state index contributed by atoms with van der Waals surface area (Å²) in [7, 11) is 0. The summed E-state index contributed by atoms with van der Waals surface area (Å²) in [5.41, 5.74) is 4.54. The summed E-state index contributed by atoms with van der Waals surface area (Å²) in [6.45, 7) is 7.00. The van der Waals surface area contributed by atoms with Crippen molar-refractivity contribution in [3.63, 3.8) is 0 Å². The highest BCUT2D eigenvalue weighted by atomic mass is 16.6.